The van der Waals surface area contributed by atoms with E-state index in [4.69, 9.17) is 0 Å². The first-order valence-electron chi connectivity index (χ1n) is 9.28. The van der Waals surface area contributed by atoms with Gasteiger partial charge in [0.15, 0.2) is 0 Å². The average Bonchev–Trinajstić information content (AvgIpc) is 2.98. The van der Waals surface area contributed by atoms with Crippen molar-refractivity contribution in [2.45, 2.75) is 31.8 Å². The second kappa shape index (κ2) is 8.22. The van der Waals surface area contributed by atoms with Crippen LogP contribution in [0, 0.1) is 0 Å². The highest BCUT2D eigenvalue weighted by molar-refractivity contribution is 6.08. The summed E-state index contributed by atoms with van der Waals surface area (Å²) in [5, 5.41) is 6.59. The van der Waals surface area contributed by atoms with E-state index in [2.05, 4.69) is 16.1 Å². The van der Waals surface area contributed by atoms with Crippen molar-refractivity contribution < 1.29 is 14.4 Å². The first-order valence-corrected chi connectivity index (χ1v) is 9.28. The number of carbonyl (C=O) groups is 3. The van der Waals surface area contributed by atoms with Crippen molar-refractivity contribution >= 4 is 17.8 Å². The van der Waals surface area contributed by atoms with Gasteiger partial charge in [0.05, 0.1) is 6.54 Å². The van der Waals surface area contributed by atoms with Crippen LogP contribution in [-0.4, -0.2) is 29.4 Å². The lowest BCUT2D eigenvalue weighted by atomic mass is 9.87. The predicted molar refractivity (Wildman–Crippen MR) is 105 cm³/mol. The molecule has 0 bridgehead atoms. The Morgan fingerprint density at radius 3 is 2.29 bits per heavy atom. The van der Waals surface area contributed by atoms with Gasteiger partial charge in [-0.3, -0.25) is 15.0 Å². The molecular weight excluding hydrogens is 356 g/mol. The molecule has 0 spiro atoms. The standard InChI is InChI=1S/C21H24N4O3/c1-3-21(17-12-8-5-9-13-17)19(27)25(20(28)23-21)24-18(26)14-22-15(2)16-10-6-4-7-11-16/h4-13,15,22H,3,14H2,1-2H3,(H,23,28)(H,24,26)/t15-,21-/m0/s1. The summed E-state index contributed by atoms with van der Waals surface area (Å²) in [6, 6.07) is 18.0. The molecular formula is C21H24N4O3. The van der Waals surface area contributed by atoms with Crippen LogP contribution in [0.5, 0.6) is 0 Å². The lowest BCUT2D eigenvalue weighted by Crippen LogP contribution is -2.50. The number of hydrogen-bond acceptors (Lipinski definition) is 4. The monoisotopic (exact) mass is 380 g/mol. The molecule has 0 radical (unpaired) electrons. The molecule has 0 saturated carbocycles. The molecule has 4 amide bonds. The van der Waals surface area contributed by atoms with Crippen LogP contribution in [0.25, 0.3) is 0 Å². The molecule has 146 valence electrons. The van der Waals surface area contributed by atoms with Crippen molar-refractivity contribution in [2.75, 3.05) is 6.54 Å². The maximum atomic E-state index is 13.0. The van der Waals surface area contributed by atoms with Gasteiger partial charge in [0.25, 0.3) is 11.8 Å². The van der Waals surface area contributed by atoms with Gasteiger partial charge in [0.1, 0.15) is 5.54 Å². The molecule has 0 aromatic heterocycles. The average molecular weight is 380 g/mol. The fourth-order valence-electron chi connectivity index (χ4n) is 3.31. The summed E-state index contributed by atoms with van der Waals surface area (Å²) in [6.45, 7) is 3.73. The first-order chi connectivity index (χ1) is 13.5. The predicted octanol–water partition coefficient (Wildman–Crippen LogP) is 2.23. The van der Waals surface area contributed by atoms with Crippen molar-refractivity contribution in [1.29, 1.82) is 0 Å². The zero-order chi connectivity index (χ0) is 20.1. The zero-order valence-corrected chi connectivity index (χ0v) is 15.9. The molecule has 1 fully saturated rings. The summed E-state index contributed by atoms with van der Waals surface area (Å²) in [7, 11) is 0. The fraction of sp³-hybridized carbons (Fsp3) is 0.286. The third-order valence-corrected chi connectivity index (χ3v) is 4.99. The maximum Gasteiger partial charge on any atom is 0.344 e. The number of rotatable bonds is 7. The minimum atomic E-state index is -1.17. The summed E-state index contributed by atoms with van der Waals surface area (Å²) in [6.07, 6.45) is 0.372. The highest BCUT2D eigenvalue weighted by Gasteiger charge is 2.52. The van der Waals surface area contributed by atoms with Gasteiger partial charge < -0.3 is 10.6 Å². The molecule has 2 atom stereocenters. The van der Waals surface area contributed by atoms with E-state index in [0.29, 0.717) is 12.0 Å². The van der Waals surface area contributed by atoms with E-state index in [1.165, 1.54) is 0 Å². The van der Waals surface area contributed by atoms with Crippen LogP contribution in [-0.2, 0) is 15.1 Å². The Hall–Kier alpha value is -3.19. The number of urea groups is 1. The Bertz CT molecular complexity index is 856. The van der Waals surface area contributed by atoms with Crippen LogP contribution in [0.1, 0.15) is 37.4 Å². The van der Waals surface area contributed by atoms with E-state index < -0.39 is 23.4 Å². The van der Waals surface area contributed by atoms with Crippen molar-refractivity contribution in [3.05, 3.63) is 71.8 Å². The second-order valence-electron chi connectivity index (χ2n) is 6.74. The Balaban J connectivity index is 1.65. The molecule has 3 N–H and O–H groups in total. The van der Waals surface area contributed by atoms with Gasteiger partial charge in [-0.2, -0.15) is 5.01 Å². The molecule has 2 aromatic rings. The molecule has 1 heterocycles. The highest BCUT2D eigenvalue weighted by atomic mass is 16.2. The molecule has 1 aliphatic rings. The van der Waals surface area contributed by atoms with Gasteiger partial charge >= 0.3 is 6.03 Å². The SMILES string of the molecule is CC[C@@]1(c2ccccc2)NC(=O)N(NC(=O)CN[C@@H](C)c2ccccc2)C1=O. The van der Waals surface area contributed by atoms with Gasteiger partial charge in [-0.15, -0.1) is 0 Å². The van der Waals surface area contributed by atoms with E-state index in [1.54, 1.807) is 12.1 Å². The third kappa shape index (κ3) is 3.75. The summed E-state index contributed by atoms with van der Waals surface area (Å²) in [5.41, 5.74) is 2.97. The summed E-state index contributed by atoms with van der Waals surface area (Å²) < 4.78 is 0. The zero-order valence-electron chi connectivity index (χ0n) is 15.9. The molecule has 3 rings (SSSR count). The quantitative estimate of drug-likeness (QED) is 0.643. The van der Waals surface area contributed by atoms with Crippen LogP contribution in [0.4, 0.5) is 4.79 Å². The number of carbonyl (C=O) groups excluding carboxylic acids is 3. The number of imide groups is 1. The molecule has 2 aromatic carbocycles. The van der Waals surface area contributed by atoms with Crippen LogP contribution in [0.15, 0.2) is 60.7 Å². The van der Waals surface area contributed by atoms with Gasteiger partial charge in [-0.1, -0.05) is 67.6 Å². The second-order valence-corrected chi connectivity index (χ2v) is 6.74. The number of hydrogen-bond donors (Lipinski definition) is 3. The van der Waals surface area contributed by atoms with Crippen LogP contribution in [0.3, 0.4) is 0 Å². The lowest BCUT2D eigenvalue weighted by Gasteiger charge is -2.25. The Labute approximate surface area is 164 Å². The Kier molecular flexibility index (Phi) is 5.75. The highest BCUT2D eigenvalue weighted by Crippen LogP contribution is 2.31. The van der Waals surface area contributed by atoms with Crippen LogP contribution in [0.2, 0.25) is 0 Å². The Morgan fingerprint density at radius 1 is 1.07 bits per heavy atom. The lowest BCUT2D eigenvalue weighted by molar-refractivity contribution is -0.139. The van der Waals surface area contributed by atoms with E-state index in [0.717, 1.165) is 10.6 Å². The van der Waals surface area contributed by atoms with Gasteiger partial charge in [0.2, 0.25) is 0 Å². The van der Waals surface area contributed by atoms with Crippen molar-refractivity contribution in [3.8, 4) is 0 Å². The van der Waals surface area contributed by atoms with Crippen molar-refractivity contribution in [1.82, 2.24) is 21.1 Å². The largest absolute Gasteiger partial charge is 0.344 e. The molecule has 0 unspecified atom stereocenters. The minimum Gasteiger partial charge on any atom is -0.318 e. The van der Waals surface area contributed by atoms with Crippen LogP contribution < -0.4 is 16.1 Å². The van der Waals surface area contributed by atoms with Gasteiger partial charge in [-0.05, 0) is 24.5 Å². The summed E-state index contributed by atoms with van der Waals surface area (Å²) >= 11 is 0. The molecule has 7 nitrogen and oxygen atoms in total. The topological polar surface area (TPSA) is 90.5 Å². The summed E-state index contributed by atoms with van der Waals surface area (Å²) in [5.74, 6) is -0.957. The first kappa shape index (κ1) is 19.6. The molecule has 0 aliphatic carbocycles. The van der Waals surface area contributed by atoms with Crippen LogP contribution >= 0.6 is 0 Å². The molecule has 28 heavy (non-hydrogen) atoms. The number of hydrazine groups is 1. The van der Waals surface area contributed by atoms with E-state index in [1.807, 2.05) is 62.4 Å². The minimum absolute atomic E-state index is 0.0302. The number of nitrogens with zero attached hydrogens (tertiary/aromatic N) is 1. The maximum absolute atomic E-state index is 13.0. The number of nitrogens with one attached hydrogen (secondary N) is 3. The number of amides is 4. The van der Waals surface area contributed by atoms with Gasteiger partial charge in [0, 0.05) is 6.04 Å². The molecule has 1 saturated heterocycles. The van der Waals surface area contributed by atoms with E-state index >= 15 is 0 Å². The fourth-order valence-corrected chi connectivity index (χ4v) is 3.31. The Morgan fingerprint density at radius 2 is 1.68 bits per heavy atom. The van der Waals surface area contributed by atoms with E-state index in [9.17, 15) is 14.4 Å². The third-order valence-electron chi connectivity index (χ3n) is 4.99. The van der Waals surface area contributed by atoms with E-state index in [-0.39, 0.29) is 12.6 Å². The van der Waals surface area contributed by atoms with Crippen molar-refractivity contribution in [3.63, 3.8) is 0 Å². The summed E-state index contributed by atoms with van der Waals surface area (Å²) in [4.78, 5) is 37.7. The van der Waals surface area contributed by atoms with Gasteiger partial charge in [-0.25, -0.2) is 4.79 Å². The molecule has 1 aliphatic heterocycles. The normalized spacial score (nSPS) is 20.0. The molecule has 7 heteroatoms. The smallest absolute Gasteiger partial charge is 0.318 e. The van der Waals surface area contributed by atoms with Crippen molar-refractivity contribution in [2.24, 2.45) is 0 Å². The number of benzene rings is 2.